The molecule has 8 heteroatoms. The average Bonchev–Trinajstić information content (AvgIpc) is 3.11. The third-order valence-corrected chi connectivity index (χ3v) is 6.20. The van der Waals surface area contributed by atoms with Gasteiger partial charge in [-0.05, 0) is 37.4 Å². The summed E-state index contributed by atoms with van der Waals surface area (Å²) in [5.74, 6) is -0.602. The fraction of sp³-hybridized carbons (Fsp3) is 0.600. The van der Waals surface area contributed by atoms with E-state index >= 15 is 0 Å². The van der Waals surface area contributed by atoms with E-state index in [9.17, 15) is 21.6 Å². The number of alkyl halides is 3. The van der Waals surface area contributed by atoms with Gasteiger partial charge in [-0.2, -0.15) is 17.5 Å². The lowest BCUT2D eigenvalue weighted by Crippen LogP contribution is -2.43. The first-order valence-electron chi connectivity index (χ1n) is 7.66. The second kappa shape index (κ2) is 6.07. The van der Waals surface area contributed by atoms with Crippen molar-refractivity contribution in [2.45, 2.75) is 43.3 Å². The Hall–Kier alpha value is -1.12. The first-order chi connectivity index (χ1) is 10.8. The number of halogens is 3. The number of benzene rings is 1. The normalized spacial score (nSPS) is 22.7. The molecule has 0 amide bonds. The molecule has 1 saturated heterocycles. The van der Waals surface area contributed by atoms with Gasteiger partial charge in [0.1, 0.15) is 0 Å². The Morgan fingerprint density at radius 1 is 1.13 bits per heavy atom. The largest absolute Gasteiger partial charge is 0.416 e. The minimum absolute atomic E-state index is 0.0528. The van der Waals surface area contributed by atoms with Crippen LogP contribution in [0.1, 0.15) is 30.4 Å². The zero-order chi connectivity index (χ0) is 16.7. The molecule has 128 valence electrons. The predicted molar refractivity (Wildman–Crippen MR) is 80.2 cm³/mol. The molecular formula is C15H19F3N2O2S. The van der Waals surface area contributed by atoms with Gasteiger partial charge in [0.25, 0.3) is 0 Å². The lowest BCUT2D eigenvalue weighted by Gasteiger charge is -2.28. The molecule has 1 aliphatic heterocycles. The van der Waals surface area contributed by atoms with Crippen molar-refractivity contribution in [1.29, 1.82) is 0 Å². The molecule has 1 aliphatic carbocycles. The molecule has 1 saturated carbocycles. The van der Waals surface area contributed by atoms with Crippen LogP contribution >= 0.6 is 0 Å². The Balaban J connectivity index is 1.88. The zero-order valence-electron chi connectivity index (χ0n) is 12.5. The summed E-state index contributed by atoms with van der Waals surface area (Å²) < 4.78 is 66.2. The van der Waals surface area contributed by atoms with Crippen LogP contribution in [0.25, 0.3) is 0 Å². The summed E-state index contributed by atoms with van der Waals surface area (Å²) in [5.41, 5.74) is -1.06. The molecule has 2 aliphatic rings. The molecule has 0 spiro atoms. The Morgan fingerprint density at radius 3 is 2.39 bits per heavy atom. The second-order valence-electron chi connectivity index (χ2n) is 6.12. The molecule has 4 nitrogen and oxygen atoms in total. The van der Waals surface area contributed by atoms with E-state index in [2.05, 4.69) is 5.32 Å². The van der Waals surface area contributed by atoms with Gasteiger partial charge in [0.2, 0.25) is 10.0 Å². The number of sulfonamides is 1. The molecule has 0 radical (unpaired) electrons. The minimum Gasteiger partial charge on any atom is -0.315 e. The van der Waals surface area contributed by atoms with E-state index in [1.165, 1.54) is 22.5 Å². The van der Waals surface area contributed by atoms with E-state index in [0.717, 1.165) is 25.5 Å². The molecule has 0 bridgehead atoms. The highest BCUT2D eigenvalue weighted by atomic mass is 32.2. The van der Waals surface area contributed by atoms with Crippen molar-refractivity contribution in [3.63, 3.8) is 0 Å². The highest BCUT2D eigenvalue weighted by Gasteiger charge is 2.43. The predicted octanol–water partition coefficient (Wildman–Crippen LogP) is 2.36. The van der Waals surface area contributed by atoms with E-state index in [0.29, 0.717) is 13.0 Å². The number of nitrogens with zero attached hydrogens (tertiary/aromatic N) is 1. The van der Waals surface area contributed by atoms with Crippen LogP contribution in [0.3, 0.4) is 0 Å². The topological polar surface area (TPSA) is 49.4 Å². The minimum atomic E-state index is -4.55. The van der Waals surface area contributed by atoms with E-state index in [4.69, 9.17) is 0 Å². The highest BCUT2D eigenvalue weighted by Crippen LogP contribution is 2.36. The fourth-order valence-corrected chi connectivity index (χ4v) is 5.22. The molecule has 1 aromatic carbocycles. The summed E-state index contributed by atoms with van der Waals surface area (Å²) in [7, 11) is -3.79. The molecule has 1 aromatic rings. The van der Waals surface area contributed by atoms with Crippen LogP contribution in [0.2, 0.25) is 0 Å². The zero-order valence-corrected chi connectivity index (χ0v) is 13.3. The van der Waals surface area contributed by atoms with Crippen LogP contribution < -0.4 is 5.32 Å². The molecule has 1 unspecified atom stereocenters. The van der Waals surface area contributed by atoms with Gasteiger partial charge in [-0.3, -0.25) is 0 Å². The Kier molecular flexibility index (Phi) is 4.41. The van der Waals surface area contributed by atoms with Crippen molar-refractivity contribution >= 4 is 10.0 Å². The number of rotatable bonds is 5. The summed E-state index contributed by atoms with van der Waals surface area (Å²) >= 11 is 0. The van der Waals surface area contributed by atoms with Crippen LogP contribution in [0.5, 0.6) is 0 Å². The molecular weight excluding hydrogens is 329 g/mol. The standard InChI is InChI=1S/C15H19F3N2O2S/c16-15(17,18)14-4-2-1-3-11(14)10-23(21,22)20(12-5-6-12)13-7-8-19-9-13/h1-4,12-13,19H,5-10H2. The Bertz CT molecular complexity index is 666. The Labute approximate surface area is 133 Å². The quantitative estimate of drug-likeness (QED) is 0.889. The van der Waals surface area contributed by atoms with Gasteiger partial charge in [-0.1, -0.05) is 18.2 Å². The van der Waals surface area contributed by atoms with Crippen molar-refractivity contribution in [3.05, 3.63) is 35.4 Å². The monoisotopic (exact) mass is 348 g/mol. The smallest absolute Gasteiger partial charge is 0.315 e. The molecule has 2 fully saturated rings. The van der Waals surface area contributed by atoms with Crippen molar-refractivity contribution < 1.29 is 21.6 Å². The summed E-state index contributed by atoms with van der Waals surface area (Å²) in [6, 6.07) is 4.70. The van der Waals surface area contributed by atoms with Gasteiger partial charge in [0, 0.05) is 18.6 Å². The van der Waals surface area contributed by atoms with Crippen LogP contribution in [0, 0.1) is 0 Å². The van der Waals surface area contributed by atoms with Gasteiger partial charge in [-0.25, -0.2) is 8.42 Å². The summed E-state index contributed by atoms with van der Waals surface area (Å²) in [4.78, 5) is 0. The molecule has 0 aromatic heterocycles. The van der Waals surface area contributed by atoms with E-state index in [1.54, 1.807) is 0 Å². The molecule has 1 atom stereocenters. The number of hydrogen-bond acceptors (Lipinski definition) is 3. The third kappa shape index (κ3) is 3.70. The molecule has 1 heterocycles. The maximum absolute atomic E-state index is 13.1. The van der Waals surface area contributed by atoms with E-state index < -0.39 is 27.5 Å². The molecule has 1 N–H and O–H groups in total. The maximum Gasteiger partial charge on any atom is 0.416 e. The SMILES string of the molecule is O=S(=O)(Cc1ccccc1C(F)(F)F)N(C1CC1)C1CCNC1. The number of nitrogens with one attached hydrogen (secondary N) is 1. The maximum atomic E-state index is 13.1. The van der Waals surface area contributed by atoms with Gasteiger partial charge in [0.05, 0.1) is 11.3 Å². The van der Waals surface area contributed by atoms with Crippen LogP contribution in [-0.2, 0) is 22.0 Å². The van der Waals surface area contributed by atoms with Gasteiger partial charge in [-0.15, -0.1) is 0 Å². The van der Waals surface area contributed by atoms with Crippen molar-refractivity contribution in [1.82, 2.24) is 9.62 Å². The third-order valence-electron chi connectivity index (χ3n) is 4.28. The molecule has 23 heavy (non-hydrogen) atoms. The Morgan fingerprint density at radius 2 is 1.83 bits per heavy atom. The lowest BCUT2D eigenvalue weighted by atomic mass is 10.1. The molecule has 3 rings (SSSR count). The fourth-order valence-electron chi connectivity index (χ4n) is 3.13. The summed E-state index contributed by atoms with van der Waals surface area (Å²) in [5, 5.41) is 3.12. The van der Waals surface area contributed by atoms with Crippen molar-refractivity contribution in [2.75, 3.05) is 13.1 Å². The van der Waals surface area contributed by atoms with Crippen molar-refractivity contribution in [3.8, 4) is 0 Å². The lowest BCUT2D eigenvalue weighted by molar-refractivity contribution is -0.138. The van der Waals surface area contributed by atoms with Crippen molar-refractivity contribution in [2.24, 2.45) is 0 Å². The van der Waals surface area contributed by atoms with Gasteiger partial charge in [0.15, 0.2) is 0 Å². The second-order valence-corrected chi connectivity index (χ2v) is 7.99. The summed E-state index contributed by atoms with van der Waals surface area (Å²) in [6.45, 7) is 1.30. The van der Waals surface area contributed by atoms with Gasteiger partial charge < -0.3 is 5.32 Å². The van der Waals surface area contributed by atoms with E-state index in [-0.39, 0.29) is 17.6 Å². The first kappa shape index (κ1) is 16.7. The highest BCUT2D eigenvalue weighted by molar-refractivity contribution is 7.88. The number of hydrogen-bond donors (Lipinski definition) is 1. The first-order valence-corrected chi connectivity index (χ1v) is 9.27. The van der Waals surface area contributed by atoms with Crippen LogP contribution in [0.4, 0.5) is 13.2 Å². The average molecular weight is 348 g/mol. The summed E-state index contributed by atoms with van der Waals surface area (Å²) in [6.07, 6.45) is -2.27. The van der Waals surface area contributed by atoms with Crippen LogP contribution in [-0.4, -0.2) is 37.9 Å². The van der Waals surface area contributed by atoms with E-state index in [1.807, 2.05) is 0 Å². The van der Waals surface area contributed by atoms with Crippen LogP contribution in [0.15, 0.2) is 24.3 Å². The van der Waals surface area contributed by atoms with Gasteiger partial charge >= 0.3 is 6.18 Å².